The van der Waals surface area contributed by atoms with Gasteiger partial charge in [-0.25, -0.2) is 0 Å². The van der Waals surface area contributed by atoms with Gasteiger partial charge in [-0.2, -0.15) is 4.57 Å². The Morgan fingerprint density at radius 3 is 2.69 bits per heavy atom. The van der Waals surface area contributed by atoms with Gasteiger partial charge in [-0.3, -0.25) is 0 Å². The number of aromatic nitrogens is 1. The van der Waals surface area contributed by atoms with E-state index >= 15 is 0 Å². The van der Waals surface area contributed by atoms with E-state index in [-0.39, 0.29) is 0 Å². The number of hydrogen-bond acceptors (Lipinski definition) is 0. The molecule has 1 aliphatic rings. The van der Waals surface area contributed by atoms with Crippen molar-refractivity contribution in [3.05, 3.63) is 47.8 Å². The van der Waals surface area contributed by atoms with Crippen molar-refractivity contribution >= 4 is 5.57 Å². The molecule has 0 fully saturated rings. The molecule has 0 saturated heterocycles. The minimum absolute atomic E-state index is 1.03. The zero-order chi connectivity index (χ0) is 11.4. The highest BCUT2D eigenvalue weighted by Crippen LogP contribution is 2.28. The van der Waals surface area contributed by atoms with E-state index in [0.29, 0.717) is 0 Å². The molecule has 16 heavy (non-hydrogen) atoms. The van der Waals surface area contributed by atoms with E-state index in [1.165, 1.54) is 29.7 Å². The summed E-state index contributed by atoms with van der Waals surface area (Å²) in [5.41, 5.74) is 4.30. The lowest BCUT2D eigenvalue weighted by molar-refractivity contribution is -0.695. The van der Waals surface area contributed by atoms with E-state index in [1.807, 2.05) is 0 Å². The summed E-state index contributed by atoms with van der Waals surface area (Å²) in [7, 11) is 0. The Balaban J connectivity index is 2.43. The highest BCUT2D eigenvalue weighted by Gasteiger charge is 2.17. The summed E-state index contributed by atoms with van der Waals surface area (Å²) in [6, 6.07) is 6.46. The Morgan fingerprint density at radius 2 is 1.94 bits per heavy atom. The highest BCUT2D eigenvalue weighted by molar-refractivity contribution is 5.76. The molecule has 84 valence electrons. The molecule has 0 radical (unpaired) electrons. The zero-order valence-electron chi connectivity index (χ0n) is 10.2. The van der Waals surface area contributed by atoms with E-state index in [4.69, 9.17) is 0 Å². The number of hydrogen-bond donors (Lipinski definition) is 0. The average Bonchev–Trinajstić information content (AvgIpc) is 2.38. The Kier molecular flexibility index (Phi) is 3.55. The third kappa shape index (κ3) is 2.08. The smallest absolute Gasteiger partial charge is 0.199 e. The van der Waals surface area contributed by atoms with Gasteiger partial charge in [0.15, 0.2) is 6.20 Å². The normalized spacial score (nSPS) is 15.6. The lowest BCUT2D eigenvalue weighted by Gasteiger charge is -2.13. The molecule has 1 heterocycles. The standard InChI is InChI=1S/C15H20N/c1-3-13-9-5-6-10-14(13)15-11-7-8-12-16(15)4-2/h7-12H,3-6H2,1-2H3/q+1. The summed E-state index contributed by atoms with van der Waals surface area (Å²) in [5, 5.41) is 0. The molecule has 0 amide bonds. The molecule has 0 unspecified atom stereocenters. The first-order valence-corrected chi connectivity index (χ1v) is 6.25. The first-order valence-electron chi connectivity index (χ1n) is 6.25. The number of allylic oxidation sites excluding steroid dienone is 4. The molecule has 1 aromatic heterocycles. The van der Waals surface area contributed by atoms with Crippen LogP contribution in [0.4, 0.5) is 0 Å². The number of pyridine rings is 1. The minimum Gasteiger partial charge on any atom is -0.199 e. The molecule has 0 N–H and O–H groups in total. The van der Waals surface area contributed by atoms with Crippen molar-refractivity contribution in [2.24, 2.45) is 0 Å². The predicted octanol–water partition coefficient (Wildman–Crippen LogP) is 3.51. The summed E-state index contributed by atoms with van der Waals surface area (Å²) >= 11 is 0. The Morgan fingerprint density at radius 1 is 1.12 bits per heavy atom. The zero-order valence-corrected chi connectivity index (χ0v) is 10.2. The van der Waals surface area contributed by atoms with Gasteiger partial charge >= 0.3 is 0 Å². The van der Waals surface area contributed by atoms with Crippen molar-refractivity contribution in [2.75, 3.05) is 0 Å². The second-order valence-corrected chi connectivity index (χ2v) is 4.15. The van der Waals surface area contributed by atoms with Gasteiger partial charge in [0.05, 0.1) is 0 Å². The largest absolute Gasteiger partial charge is 0.212 e. The maximum absolute atomic E-state index is 2.39. The van der Waals surface area contributed by atoms with Crippen molar-refractivity contribution in [1.82, 2.24) is 0 Å². The first kappa shape index (κ1) is 11.1. The van der Waals surface area contributed by atoms with Crippen LogP contribution in [0.3, 0.4) is 0 Å². The Labute approximate surface area is 98.1 Å². The molecular formula is C15H20N+. The van der Waals surface area contributed by atoms with Crippen LogP contribution in [-0.4, -0.2) is 0 Å². The molecular weight excluding hydrogens is 194 g/mol. The molecule has 1 heteroatoms. The molecule has 1 nitrogen and oxygen atoms in total. The molecule has 0 aliphatic heterocycles. The van der Waals surface area contributed by atoms with Crippen LogP contribution in [0, 0.1) is 0 Å². The van der Waals surface area contributed by atoms with Crippen LogP contribution in [-0.2, 0) is 6.54 Å². The molecule has 0 spiro atoms. The fourth-order valence-electron chi connectivity index (χ4n) is 2.33. The van der Waals surface area contributed by atoms with Gasteiger partial charge in [-0.15, -0.1) is 0 Å². The lowest BCUT2D eigenvalue weighted by atomic mass is 9.93. The fourth-order valence-corrected chi connectivity index (χ4v) is 2.33. The van der Waals surface area contributed by atoms with Gasteiger partial charge in [0.2, 0.25) is 5.69 Å². The molecule has 2 rings (SSSR count). The second-order valence-electron chi connectivity index (χ2n) is 4.15. The first-order chi connectivity index (χ1) is 7.86. The maximum atomic E-state index is 2.39. The van der Waals surface area contributed by atoms with E-state index in [1.54, 1.807) is 0 Å². The van der Waals surface area contributed by atoms with E-state index in [9.17, 15) is 0 Å². The van der Waals surface area contributed by atoms with Crippen LogP contribution < -0.4 is 4.57 Å². The summed E-state index contributed by atoms with van der Waals surface area (Å²) in [5.74, 6) is 0. The van der Waals surface area contributed by atoms with Crippen LogP contribution in [0.5, 0.6) is 0 Å². The van der Waals surface area contributed by atoms with Gasteiger partial charge in [0.1, 0.15) is 6.54 Å². The van der Waals surface area contributed by atoms with Gasteiger partial charge in [0.25, 0.3) is 0 Å². The molecule has 0 bridgehead atoms. The van der Waals surface area contributed by atoms with E-state index in [2.05, 4.69) is 55.0 Å². The molecule has 0 atom stereocenters. The summed E-state index contributed by atoms with van der Waals surface area (Å²) in [6.45, 7) is 5.47. The molecule has 0 aromatic carbocycles. The number of nitrogens with zero attached hydrogens (tertiary/aromatic N) is 1. The quantitative estimate of drug-likeness (QED) is 0.678. The third-order valence-electron chi connectivity index (χ3n) is 3.19. The van der Waals surface area contributed by atoms with Gasteiger partial charge in [-0.1, -0.05) is 19.1 Å². The van der Waals surface area contributed by atoms with E-state index in [0.717, 1.165) is 13.0 Å². The van der Waals surface area contributed by atoms with Crippen molar-refractivity contribution in [3.8, 4) is 0 Å². The highest BCUT2D eigenvalue weighted by atomic mass is 14.9. The lowest BCUT2D eigenvalue weighted by Crippen LogP contribution is -2.36. The molecule has 0 saturated carbocycles. The van der Waals surface area contributed by atoms with Crippen molar-refractivity contribution in [3.63, 3.8) is 0 Å². The summed E-state index contributed by atoms with van der Waals surface area (Å²) in [4.78, 5) is 0. The predicted molar refractivity (Wildman–Crippen MR) is 67.9 cm³/mol. The second kappa shape index (κ2) is 5.11. The van der Waals surface area contributed by atoms with Crippen LogP contribution in [0.2, 0.25) is 0 Å². The number of rotatable bonds is 3. The Bertz CT molecular complexity index is 427. The Hall–Kier alpha value is -1.37. The van der Waals surface area contributed by atoms with Crippen molar-refractivity contribution in [2.45, 2.75) is 39.7 Å². The van der Waals surface area contributed by atoms with Crippen LogP contribution in [0.1, 0.15) is 38.8 Å². The van der Waals surface area contributed by atoms with Crippen LogP contribution >= 0.6 is 0 Å². The SMILES string of the molecule is CCC1=CCCC=C1c1cccc[n+]1CC. The van der Waals surface area contributed by atoms with E-state index < -0.39 is 0 Å². The number of aryl methyl sites for hydroxylation is 1. The summed E-state index contributed by atoms with van der Waals surface area (Å²) in [6.07, 6.45) is 10.5. The summed E-state index contributed by atoms with van der Waals surface area (Å²) < 4.78 is 2.32. The monoisotopic (exact) mass is 214 g/mol. The minimum atomic E-state index is 1.03. The van der Waals surface area contributed by atoms with Crippen molar-refractivity contribution in [1.29, 1.82) is 0 Å². The third-order valence-corrected chi connectivity index (χ3v) is 3.19. The van der Waals surface area contributed by atoms with Crippen LogP contribution in [0.15, 0.2) is 42.1 Å². The molecule has 1 aromatic rings. The molecule has 1 aliphatic carbocycles. The fraction of sp³-hybridized carbons (Fsp3) is 0.400. The van der Waals surface area contributed by atoms with Gasteiger partial charge in [-0.05, 0) is 37.8 Å². The van der Waals surface area contributed by atoms with Crippen molar-refractivity contribution < 1.29 is 4.57 Å². The van der Waals surface area contributed by atoms with Crippen LogP contribution in [0.25, 0.3) is 5.57 Å². The van der Waals surface area contributed by atoms with Gasteiger partial charge in [0, 0.05) is 17.7 Å². The maximum Gasteiger partial charge on any atom is 0.212 e. The topological polar surface area (TPSA) is 3.88 Å². The average molecular weight is 214 g/mol. The van der Waals surface area contributed by atoms with Gasteiger partial charge < -0.3 is 0 Å².